The molecule has 0 bridgehead atoms. The molecule has 0 aliphatic heterocycles. The summed E-state index contributed by atoms with van der Waals surface area (Å²) in [5.74, 6) is -0.178. The number of carbonyl (C=O) groups is 1. The number of rotatable bonds is 6. The van der Waals surface area contributed by atoms with E-state index in [1.54, 1.807) is 6.07 Å². The van der Waals surface area contributed by atoms with Gasteiger partial charge in [0.25, 0.3) is 0 Å². The van der Waals surface area contributed by atoms with Crippen molar-refractivity contribution in [1.29, 1.82) is 0 Å². The second-order valence-electron chi connectivity index (χ2n) is 3.60. The van der Waals surface area contributed by atoms with Crippen molar-refractivity contribution >= 4 is 23.3 Å². The molecule has 94 valence electrons. The number of aryl methyl sites for hydroxylation is 1. The molecule has 0 radical (unpaired) electrons. The van der Waals surface area contributed by atoms with Gasteiger partial charge in [0.15, 0.2) is 0 Å². The van der Waals surface area contributed by atoms with Crippen LogP contribution in [0, 0.1) is 6.92 Å². The fraction of sp³-hybridized carbons (Fsp3) is 0.417. The van der Waals surface area contributed by atoms with E-state index >= 15 is 0 Å². The quantitative estimate of drug-likeness (QED) is 0.823. The van der Waals surface area contributed by atoms with E-state index in [1.165, 1.54) is 0 Å². The molecular weight excluding hydrogens is 242 g/mol. The van der Waals surface area contributed by atoms with Crippen molar-refractivity contribution < 1.29 is 14.6 Å². The fourth-order valence-corrected chi connectivity index (χ4v) is 1.63. The molecule has 0 saturated carbocycles. The van der Waals surface area contributed by atoms with Crippen LogP contribution in [0.25, 0.3) is 0 Å². The summed E-state index contributed by atoms with van der Waals surface area (Å²) in [5, 5.41) is 12.1. The predicted molar refractivity (Wildman–Crippen MR) is 68.1 cm³/mol. The van der Waals surface area contributed by atoms with E-state index in [2.05, 4.69) is 5.32 Å². The van der Waals surface area contributed by atoms with Gasteiger partial charge in [0.2, 0.25) is 0 Å². The number of benzene rings is 1. The Kier molecular flexibility index (Phi) is 5.10. The highest BCUT2D eigenvalue weighted by Gasteiger charge is 2.07. The van der Waals surface area contributed by atoms with Crippen LogP contribution in [0.1, 0.15) is 18.9 Å². The largest absolute Gasteiger partial charge is 0.492 e. The lowest BCUT2D eigenvalue weighted by Gasteiger charge is -2.12. The molecule has 0 aliphatic rings. The van der Waals surface area contributed by atoms with Gasteiger partial charge in [-0.2, -0.15) is 0 Å². The topological polar surface area (TPSA) is 58.6 Å². The van der Waals surface area contributed by atoms with Crippen molar-refractivity contribution in [2.75, 3.05) is 18.5 Å². The predicted octanol–water partition coefficient (Wildman–Crippen LogP) is 2.93. The van der Waals surface area contributed by atoms with E-state index in [-0.39, 0.29) is 6.42 Å². The summed E-state index contributed by atoms with van der Waals surface area (Å²) in [7, 11) is 0. The van der Waals surface area contributed by atoms with Gasteiger partial charge >= 0.3 is 5.97 Å². The molecule has 2 N–H and O–H groups in total. The average molecular weight is 258 g/mol. The minimum absolute atomic E-state index is 0.0737. The highest BCUT2D eigenvalue weighted by molar-refractivity contribution is 6.32. The van der Waals surface area contributed by atoms with E-state index in [1.807, 2.05) is 19.9 Å². The Morgan fingerprint density at radius 1 is 1.53 bits per heavy atom. The standard InChI is InChI=1S/C12H16ClNO3/c1-3-17-11-6-8(2)10(7-9(11)13)14-5-4-12(15)16/h6-7,14H,3-5H2,1-2H3,(H,15,16). The summed E-state index contributed by atoms with van der Waals surface area (Å²) in [5.41, 5.74) is 1.81. The first-order valence-electron chi connectivity index (χ1n) is 5.43. The van der Waals surface area contributed by atoms with Gasteiger partial charge in [-0.25, -0.2) is 0 Å². The summed E-state index contributed by atoms with van der Waals surface area (Å²) < 4.78 is 5.36. The van der Waals surface area contributed by atoms with Crippen molar-refractivity contribution in [3.63, 3.8) is 0 Å². The van der Waals surface area contributed by atoms with E-state index in [0.717, 1.165) is 11.3 Å². The van der Waals surface area contributed by atoms with Crippen LogP contribution in [0.4, 0.5) is 5.69 Å². The summed E-state index contributed by atoms with van der Waals surface area (Å²) in [6.45, 7) is 4.75. The molecule has 0 saturated heterocycles. The second-order valence-corrected chi connectivity index (χ2v) is 4.01. The molecule has 0 spiro atoms. The lowest BCUT2D eigenvalue weighted by atomic mass is 10.2. The number of carboxylic acids is 1. The molecule has 0 aromatic heterocycles. The molecular formula is C12H16ClNO3. The maximum absolute atomic E-state index is 10.4. The molecule has 4 nitrogen and oxygen atoms in total. The van der Waals surface area contributed by atoms with Crippen LogP contribution in [-0.4, -0.2) is 24.2 Å². The van der Waals surface area contributed by atoms with Gasteiger partial charge in [-0.3, -0.25) is 4.79 Å². The van der Waals surface area contributed by atoms with Gasteiger partial charge in [0.1, 0.15) is 5.75 Å². The zero-order valence-corrected chi connectivity index (χ0v) is 10.7. The number of nitrogens with one attached hydrogen (secondary N) is 1. The van der Waals surface area contributed by atoms with Crippen LogP contribution < -0.4 is 10.1 Å². The van der Waals surface area contributed by atoms with Crippen LogP contribution in [0.3, 0.4) is 0 Å². The molecule has 17 heavy (non-hydrogen) atoms. The van der Waals surface area contributed by atoms with Crippen molar-refractivity contribution in [2.24, 2.45) is 0 Å². The Bertz CT molecular complexity index is 407. The number of ether oxygens (including phenoxy) is 1. The summed E-state index contributed by atoms with van der Waals surface area (Å²) >= 11 is 6.04. The summed E-state index contributed by atoms with van der Waals surface area (Å²) in [6.07, 6.45) is 0.0737. The Balaban J connectivity index is 2.73. The van der Waals surface area contributed by atoms with Gasteiger partial charge in [-0.1, -0.05) is 11.6 Å². The third-order valence-electron chi connectivity index (χ3n) is 2.23. The SMILES string of the molecule is CCOc1cc(C)c(NCCC(=O)O)cc1Cl. The maximum Gasteiger partial charge on any atom is 0.305 e. The molecule has 1 aromatic carbocycles. The van der Waals surface area contributed by atoms with E-state index in [0.29, 0.717) is 23.9 Å². The van der Waals surface area contributed by atoms with E-state index < -0.39 is 5.97 Å². The summed E-state index contributed by atoms with van der Waals surface area (Å²) in [4.78, 5) is 10.4. The molecule has 0 atom stereocenters. The van der Waals surface area contributed by atoms with Crippen molar-refractivity contribution in [1.82, 2.24) is 0 Å². The van der Waals surface area contributed by atoms with Crippen LogP contribution in [0.15, 0.2) is 12.1 Å². The van der Waals surface area contributed by atoms with E-state index in [4.69, 9.17) is 21.4 Å². The molecule has 0 unspecified atom stereocenters. The number of hydrogen-bond donors (Lipinski definition) is 2. The Morgan fingerprint density at radius 2 is 2.24 bits per heavy atom. The third kappa shape index (κ3) is 4.15. The molecule has 0 amide bonds. The molecule has 1 aromatic rings. The fourth-order valence-electron chi connectivity index (χ4n) is 1.42. The van der Waals surface area contributed by atoms with Gasteiger partial charge < -0.3 is 15.2 Å². The first-order valence-corrected chi connectivity index (χ1v) is 5.81. The molecule has 0 fully saturated rings. The number of aliphatic carboxylic acids is 1. The van der Waals surface area contributed by atoms with Gasteiger partial charge in [0, 0.05) is 12.2 Å². The number of halogens is 1. The zero-order valence-electron chi connectivity index (χ0n) is 9.92. The van der Waals surface area contributed by atoms with Crippen LogP contribution in [-0.2, 0) is 4.79 Å². The molecule has 1 rings (SSSR count). The smallest absolute Gasteiger partial charge is 0.305 e. The van der Waals surface area contributed by atoms with Crippen molar-refractivity contribution in [2.45, 2.75) is 20.3 Å². The monoisotopic (exact) mass is 257 g/mol. The van der Waals surface area contributed by atoms with Crippen LogP contribution in [0.5, 0.6) is 5.75 Å². The first-order chi connectivity index (χ1) is 8.04. The minimum atomic E-state index is -0.827. The average Bonchev–Trinajstić information content (AvgIpc) is 2.24. The highest BCUT2D eigenvalue weighted by atomic mass is 35.5. The second kappa shape index (κ2) is 6.35. The Morgan fingerprint density at radius 3 is 2.82 bits per heavy atom. The molecule has 0 aliphatic carbocycles. The zero-order chi connectivity index (χ0) is 12.8. The maximum atomic E-state index is 10.4. The highest BCUT2D eigenvalue weighted by Crippen LogP contribution is 2.30. The van der Waals surface area contributed by atoms with Crippen molar-refractivity contribution in [3.8, 4) is 5.75 Å². The number of anilines is 1. The van der Waals surface area contributed by atoms with Crippen LogP contribution >= 0.6 is 11.6 Å². The lowest BCUT2D eigenvalue weighted by Crippen LogP contribution is -2.08. The third-order valence-corrected chi connectivity index (χ3v) is 2.53. The molecule has 0 heterocycles. The van der Waals surface area contributed by atoms with Gasteiger partial charge in [-0.15, -0.1) is 0 Å². The normalized spacial score (nSPS) is 10.1. The van der Waals surface area contributed by atoms with Crippen LogP contribution in [0.2, 0.25) is 5.02 Å². The Labute approximate surface area is 106 Å². The number of carboxylic acid groups (broad SMARTS) is 1. The van der Waals surface area contributed by atoms with Gasteiger partial charge in [0.05, 0.1) is 18.1 Å². The number of hydrogen-bond acceptors (Lipinski definition) is 3. The Hall–Kier alpha value is -1.42. The van der Waals surface area contributed by atoms with Gasteiger partial charge in [-0.05, 0) is 31.5 Å². The lowest BCUT2D eigenvalue weighted by molar-refractivity contribution is -0.136. The minimum Gasteiger partial charge on any atom is -0.492 e. The summed E-state index contributed by atoms with van der Waals surface area (Å²) in [6, 6.07) is 3.60. The van der Waals surface area contributed by atoms with Crippen molar-refractivity contribution in [3.05, 3.63) is 22.7 Å². The first kappa shape index (κ1) is 13.6. The van der Waals surface area contributed by atoms with E-state index in [9.17, 15) is 4.79 Å². The molecule has 5 heteroatoms.